The van der Waals surface area contributed by atoms with Gasteiger partial charge in [-0.3, -0.25) is 19.5 Å². The highest BCUT2D eigenvalue weighted by atomic mass is 16.2. The van der Waals surface area contributed by atoms with Crippen molar-refractivity contribution in [2.75, 3.05) is 6.54 Å². The summed E-state index contributed by atoms with van der Waals surface area (Å²) in [6.07, 6.45) is 8.78. The average molecular weight is 371 g/mol. The van der Waals surface area contributed by atoms with E-state index in [4.69, 9.17) is 0 Å². The summed E-state index contributed by atoms with van der Waals surface area (Å²) in [6, 6.07) is 1.51. The van der Waals surface area contributed by atoms with E-state index >= 15 is 0 Å². The molecular weight excluding hydrogens is 346 g/mol. The van der Waals surface area contributed by atoms with Crippen molar-refractivity contribution >= 4 is 17.5 Å². The van der Waals surface area contributed by atoms with Crippen molar-refractivity contribution in [3.8, 4) is 0 Å². The second kappa shape index (κ2) is 7.17. The van der Waals surface area contributed by atoms with E-state index in [0.29, 0.717) is 35.9 Å². The number of aromatic nitrogens is 3. The third kappa shape index (κ3) is 3.48. The van der Waals surface area contributed by atoms with Crippen molar-refractivity contribution in [1.29, 1.82) is 0 Å². The molecule has 0 aromatic carbocycles. The van der Waals surface area contributed by atoms with Crippen molar-refractivity contribution < 1.29 is 9.59 Å². The summed E-state index contributed by atoms with van der Waals surface area (Å²) in [4.78, 5) is 42.8. The number of rotatable bonds is 3. The van der Waals surface area contributed by atoms with Crippen LogP contribution < -0.4 is 10.9 Å². The molecule has 1 aliphatic carbocycles. The lowest BCUT2D eigenvalue weighted by molar-refractivity contribution is -0.129. The summed E-state index contributed by atoms with van der Waals surface area (Å²) >= 11 is 0. The topological polar surface area (TPSA) is 99.6 Å². The minimum absolute atomic E-state index is 0.132. The molecular formula is C19H25N5O3. The third-order valence-corrected chi connectivity index (χ3v) is 5.77. The fraction of sp³-hybridized carbons (Fsp3) is 0.579. The van der Waals surface area contributed by atoms with Crippen LogP contribution in [0.2, 0.25) is 0 Å². The maximum Gasteiger partial charge on any atom is 0.266 e. The lowest BCUT2D eigenvalue weighted by Crippen LogP contribution is -2.40. The number of fused-ring (bicyclic) bond motifs is 1. The summed E-state index contributed by atoms with van der Waals surface area (Å²) in [5.41, 5.74) is 1.23. The van der Waals surface area contributed by atoms with Crippen LogP contribution >= 0.6 is 0 Å². The van der Waals surface area contributed by atoms with E-state index in [1.54, 1.807) is 6.92 Å². The Bertz CT molecular complexity index is 923. The van der Waals surface area contributed by atoms with Gasteiger partial charge in [-0.2, -0.15) is 0 Å². The summed E-state index contributed by atoms with van der Waals surface area (Å²) in [5, 5.41) is 5.61. The van der Waals surface area contributed by atoms with Gasteiger partial charge in [-0.1, -0.05) is 25.7 Å². The Kier molecular flexibility index (Phi) is 4.72. The number of nitrogens with one attached hydrogen (secondary N) is 2. The van der Waals surface area contributed by atoms with Crippen molar-refractivity contribution in [3.63, 3.8) is 0 Å². The standard InChI is InChI=1S/C19H25N5O3/c1-12-15(10-20-16-9-17(25)22-24(12)16)19(27)21-13-8-18(26)23(11-13)14-6-4-2-3-5-7-14/h9-10,13-14H,2-8,11H2,1H3,(H,21,27)(H,22,25)/t13-/m0/s1. The van der Waals surface area contributed by atoms with Crippen LogP contribution in [0.1, 0.15) is 61.0 Å². The first kappa shape index (κ1) is 17.8. The Morgan fingerprint density at radius 1 is 1.22 bits per heavy atom. The first-order valence-electron chi connectivity index (χ1n) is 9.70. The lowest BCUT2D eigenvalue weighted by Gasteiger charge is -2.27. The molecule has 2 aromatic heterocycles. The molecule has 0 spiro atoms. The van der Waals surface area contributed by atoms with Crippen LogP contribution in [0.5, 0.6) is 0 Å². The predicted molar refractivity (Wildman–Crippen MR) is 99.6 cm³/mol. The maximum absolute atomic E-state index is 12.7. The van der Waals surface area contributed by atoms with Gasteiger partial charge in [0, 0.05) is 31.3 Å². The summed E-state index contributed by atoms with van der Waals surface area (Å²) in [6.45, 7) is 2.33. The van der Waals surface area contributed by atoms with Crippen LogP contribution in [-0.4, -0.2) is 49.9 Å². The molecule has 27 heavy (non-hydrogen) atoms. The van der Waals surface area contributed by atoms with E-state index in [1.807, 2.05) is 4.90 Å². The minimum atomic E-state index is -0.267. The number of hydrogen-bond donors (Lipinski definition) is 2. The highest BCUT2D eigenvalue weighted by Gasteiger charge is 2.35. The number of aryl methyl sites for hydroxylation is 1. The van der Waals surface area contributed by atoms with Crippen LogP contribution in [0.3, 0.4) is 0 Å². The highest BCUT2D eigenvalue weighted by Crippen LogP contribution is 2.26. The molecule has 1 atom stereocenters. The average Bonchev–Trinajstić information content (AvgIpc) is 3.06. The number of aromatic amines is 1. The molecule has 1 saturated carbocycles. The molecule has 2 N–H and O–H groups in total. The fourth-order valence-corrected chi connectivity index (χ4v) is 4.31. The molecule has 0 radical (unpaired) electrons. The van der Waals surface area contributed by atoms with Crippen LogP contribution in [0.15, 0.2) is 17.1 Å². The largest absolute Gasteiger partial charge is 0.347 e. The first-order valence-corrected chi connectivity index (χ1v) is 9.70. The van der Waals surface area contributed by atoms with Gasteiger partial charge in [0.25, 0.3) is 11.5 Å². The van der Waals surface area contributed by atoms with Crippen LogP contribution in [-0.2, 0) is 4.79 Å². The van der Waals surface area contributed by atoms with Crippen molar-refractivity contribution in [3.05, 3.63) is 33.9 Å². The Balaban J connectivity index is 1.46. The zero-order chi connectivity index (χ0) is 19.0. The number of nitrogens with zero attached hydrogens (tertiary/aromatic N) is 3. The molecule has 2 aliphatic rings. The Hall–Kier alpha value is -2.64. The smallest absolute Gasteiger partial charge is 0.266 e. The van der Waals surface area contributed by atoms with Crippen LogP contribution in [0.25, 0.3) is 5.65 Å². The van der Waals surface area contributed by atoms with Gasteiger partial charge in [-0.05, 0) is 19.8 Å². The van der Waals surface area contributed by atoms with Crippen molar-refractivity contribution in [2.45, 2.75) is 64.0 Å². The van der Waals surface area contributed by atoms with E-state index in [0.717, 1.165) is 12.8 Å². The van der Waals surface area contributed by atoms with Crippen molar-refractivity contribution in [1.82, 2.24) is 24.8 Å². The molecule has 2 fully saturated rings. The SMILES string of the molecule is Cc1c(C(=O)N[C@H]2CC(=O)N(C3CCCCCC3)C2)cnc2cc(=O)[nH]n12. The molecule has 0 unspecified atom stereocenters. The molecule has 8 heteroatoms. The van der Waals surface area contributed by atoms with Gasteiger partial charge in [0.1, 0.15) is 0 Å². The Labute approximate surface area is 156 Å². The van der Waals surface area contributed by atoms with Crippen molar-refractivity contribution in [2.24, 2.45) is 0 Å². The maximum atomic E-state index is 12.7. The van der Waals surface area contributed by atoms with E-state index < -0.39 is 0 Å². The number of amides is 2. The van der Waals surface area contributed by atoms with Gasteiger partial charge < -0.3 is 10.2 Å². The second-order valence-corrected chi connectivity index (χ2v) is 7.64. The number of H-pyrrole nitrogens is 1. The Morgan fingerprint density at radius 3 is 2.70 bits per heavy atom. The van der Waals surface area contributed by atoms with E-state index in [2.05, 4.69) is 15.4 Å². The summed E-state index contributed by atoms with van der Waals surface area (Å²) in [7, 11) is 0. The van der Waals surface area contributed by atoms with Gasteiger partial charge in [-0.25, -0.2) is 9.50 Å². The molecule has 8 nitrogen and oxygen atoms in total. The molecule has 4 rings (SSSR count). The fourth-order valence-electron chi connectivity index (χ4n) is 4.31. The molecule has 1 aliphatic heterocycles. The van der Waals surface area contributed by atoms with E-state index in [-0.39, 0.29) is 23.4 Å². The molecule has 1 saturated heterocycles. The molecule has 0 bridgehead atoms. The molecule has 2 amide bonds. The second-order valence-electron chi connectivity index (χ2n) is 7.64. The van der Waals surface area contributed by atoms with Crippen LogP contribution in [0, 0.1) is 6.92 Å². The predicted octanol–water partition coefficient (Wildman–Crippen LogP) is 1.38. The highest BCUT2D eigenvalue weighted by molar-refractivity contribution is 5.96. The van der Waals surface area contributed by atoms with Gasteiger partial charge >= 0.3 is 0 Å². The van der Waals surface area contributed by atoms with E-state index in [1.165, 1.54) is 42.5 Å². The van der Waals surface area contributed by atoms with Gasteiger partial charge in [0.05, 0.1) is 17.3 Å². The first-order chi connectivity index (χ1) is 13.0. The minimum Gasteiger partial charge on any atom is -0.347 e. The van der Waals surface area contributed by atoms with E-state index in [9.17, 15) is 14.4 Å². The monoisotopic (exact) mass is 371 g/mol. The van der Waals surface area contributed by atoms with Gasteiger partial charge in [0.2, 0.25) is 5.91 Å². The molecule has 3 heterocycles. The zero-order valence-electron chi connectivity index (χ0n) is 15.5. The normalized spacial score (nSPS) is 21.6. The summed E-state index contributed by atoms with van der Waals surface area (Å²) in [5.74, 6) is -0.135. The Morgan fingerprint density at radius 2 is 1.96 bits per heavy atom. The quantitative estimate of drug-likeness (QED) is 0.796. The zero-order valence-corrected chi connectivity index (χ0v) is 15.5. The molecule has 144 valence electrons. The lowest BCUT2D eigenvalue weighted by atomic mass is 10.1. The van der Waals surface area contributed by atoms with Gasteiger partial charge in [0.15, 0.2) is 5.65 Å². The summed E-state index contributed by atoms with van der Waals surface area (Å²) < 4.78 is 1.51. The third-order valence-electron chi connectivity index (χ3n) is 5.77. The van der Waals surface area contributed by atoms with Crippen LogP contribution in [0.4, 0.5) is 0 Å². The number of carbonyl (C=O) groups excluding carboxylic acids is 2. The number of hydrogen-bond acceptors (Lipinski definition) is 4. The van der Waals surface area contributed by atoms with Gasteiger partial charge in [-0.15, -0.1) is 0 Å². The molecule has 2 aromatic rings. The number of likely N-dealkylation sites (tertiary alicyclic amines) is 1. The number of carbonyl (C=O) groups is 2.